The second kappa shape index (κ2) is 9.74. The van der Waals surface area contributed by atoms with Crippen LogP contribution in [0.3, 0.4) is 0 Å². The van der Waals surface area contributed by atoms with Gasteiger partial charge in [-0.1, -0.05) is 54.6 Å². The molecule has 1 aliphatic rings. The average Bonchev–Trinajstić information content (AvgIpc) is 2.81. The molecule has 0 radical (unpaired) electrons. The Kier molecular flexibility index (Phi) is 6.40. The van der Waals surface area contributed by atoms with Crippen molar-refractivity contribution >= 4 is 11.6 Å². The van der Waals surface area contributed by atoms with Crippen molar-refractivity contribution in [1.29, 1.82) is 0 Å². The first-order chi connectivity index (χ1) is 14.8. The molecule has 1 N–H and O–H groups in total. The molecule has 0 spiro atoms. The summed E-state index contributed by atoms with van der Waals surface area (Å²) in [4.78, 5) is 12.1. The van der Waals surface area contributed by atoms with Crippen LogP contribution < -0.4 is 14.9 Å². The van der Waals surface area contributed by atoms with Crippen molar-refractivity contribution in [1.82, 2.24) is 5.43 Å². The molecule has 0 heterocycles. The van der Waals surface area contributed by atoms with Gasteiger partial charge in [-0.2, -0.15) is 5.10 Å². The van der Waals surface area contributed by atoms with Crippen molar-refractivity contribution in [3.8, 4) is 11.5 Å². The summed E-state index contributed by atoms with van der Waals surface area (Å²) in [6.45, 7) is 0.412. The van der Waals surface area contributed by atoms with Gasteiger partial charge in [-0.15, -0.1) is 0 Å². The zero-order valence-corrected chi connectivity index (χ0v) is 16.7. The highest BCUT2D eigenvalue weighted by Gasteiger charge is 2.15. The van der Waals surface area contributed by atoms with E-state index in [-0.39, 0.29) is 12.5 Å². The Morgan fingerprint density at radius 3 is 2.33 bits per heavy atom. The fraction of sp³-hybridized carbons (Fsp3) is 0.200. The quantitative estimate of drug-likeness (QED) is 0.594. The maximum atomic E-state index is 12.1. The molecule has 0 saturated heterocycles. The fourth-order valence-electron chi connectivity index (χ4n) is 3.40. The van der Waals surface area contributed by atoms with Gasteiger partial charge in [0.05, 0.1) is 5.71 Å². The number of aryl methyl sites for hydroxylation is 1. The lowest BCUT2D eigenvalue weighted by atomic mass is 9.90. The van der Waals surface area contributed by atoms with Crippen LogP contribution in [0.15, 0.2) is 84.0 Å². The van der Waals surface area contributed by atoms with Crippen LogP contribution in [0.2, 0.25) is 0 Å². The normalized spacial score (nSPS) is 14.1. The third kappa shape index (κ3) is 5.26. The number of hydrogen-bond donors (Lipinski definition) is 1. The SMILES string of the molecule is O=C(COc1ccc(OCc2ccccc2)cc1)NN=C1CCCc2ccccc21. The summed E-state index contributed by atoms with van der Waals surface area (Å²) in [5, 5.41) is 4.32. The predicted molar refractivity (Wildman–Crippen MR) is 117 cm³/mol. The summed E-state index contributed by atoms with van der Waals surface area (Å²) in [7, 11) is 0. The van der Waals surface area contributed by atoms with Crippen LogP contribution in [0.25, 0.3) is 0 Å². The molecular weight excluding hydrogens is 376 g/mol. The van der Waals surface area contributed by atoms with Gasteiger partial charge in [-0.25, -0.2) is 5.43 Å². The topological polar surface area (TPSA) is 59.9 Å². The monoisotopic (exact) mass is 400 g/mol. The Balaban J connectivity index is 1.25. The van der Waals surface area contributed by atoms with Crippen LogP contribution in [0.4, 0.5) is 0 Å². The number of nitrogens with zero attached hydrogens (tertiary/aromatic N) is 1. The van der Waals surface area contributed by atoms with Gasteiger partial charge in [0.1, 0.15) is 18.1 Å². The summed E-state index contributed by atoms with van der Waals surface area (Å²) in [5.41, 5.74) is 7.04. The summed E-state index contributed by atoms with van der Waals surface area (Å²) in [6, 6.07) is 25.4. The third-order valence-electron chi connectivity index (χ3n) is 4.95. The molecule has 30 heavy (non-hydrogen) atoms. The van der Waals surface area contributed by atoms with Gasteiger partial charge in [0.2, 0.25) is 0 Å². The van der Waals surface area contributed by atoms with E-state index >= 15 is 0 Å². The number of carbonyl (C=O) groups is 1. The van der Waals surface area contributed by atoms with Crippen molar-refractivity contribution in [3.63, 3.8) is 0 Å². The van der Waals surface area contributed by atoms with Gasteiger partial charge >= 0.3 is 0 Å². The Morgan fingerprint density at radius 2 is 1.53 bits per heavy atom. The molecule has 3 aromatic rings. The lowest BCUT2D eigenvalue weighted by Crippen LogP contribution is -2.26. The van der Waals surface area contributed by atoms with Gasteiger partial charge in [0.15, 0.2) is 6.61 Å². The predicted octanol–water partition coefficient (Wildman–Crippen LogP) is 4.50. The Bertz CT molecular complexity index is 1010. The maximum Gasteiger partial charge on any atom is 0.277 e. The highest BCUT2D eigenvalue weighted by molar-refractivity contribution is 6.03. The van der Waals surface area contributed by atoms with E-state index in [0.29, 0.717) is 12.4 Å². The maximum absolute atomic E-state index is 12.1. The zero-order chi connectivity index (χ0) is 20.6. The zero-order valence-electron chi connectivity index (χ0n) is 16.7. The van der Waals surface area contributed by atoms with Crippen LogP contribution in [0, 0.1) is 0 Å². The molecule has 3 aromatic carbocycles. The number of amides is 1. The summed E-state index contributed by atoms with van der Waals surface area (Å²) >= 11 is 0. The van der Waals surface area contributed by atoms with E-state index in [4.69, 9.17) is 9.47 Å². The van der Waals surface area contributed by atoms with Crippen LogP contribution in [0.1, 0.15) is 29.5 Å². The van der Waals surface area contributed by atoms with Gasteiger partial charge in [-0.05, 0) is 54.7 Å². The van der Waals surface area contributed by atoms with Crippen molar-refractivity contribution in [3.05, 3.63) is 95.6 Å². The molecule has 4 rings (SSSR count). The summed E-state index contributed by atoms with van der Waals surface area (Å²) < 4.78 is 11.3. The Morgan fingerprint density at radius 1 is 0.833 bits per heavy atom. The molecule has 0 aliphatic heterocycles. The minimum atomic E-state index is -0.282. The molecule has 5 nitrogen and oxygen atoms in total. The minimum Gasteiger partial charge on any atom is -0.489 e. The number of ether oxygens (including phenoxy) is 2. The largest absolute Gasteiger partial charge is 0.489 e. The van der Waals surface area contributed by atoms with Gasteiger partial charge in [0.25, 0.3) is 5.91 Å². The standard InChI is InChI=1S/C25H24N2O3/c28-25(27-26-24-12-6-10-20-9-4-5-11-23(20)24)18-30-22-15-13-21(14-16-22)29-17-19-7-2-1-3-8-19/h1-5,7-9,11,13-16H,6,10,12,17-18H2,(H,27,28). The summed E-state index contributed by atoms with van der Waals surface area (Å²) in [6.07, 6.45) is 2.96. The van der Waals surface area contributed by atoms with Crippen molar-refractivity contribution in [2.75, 3.05) is 6.61 Å². The van der Waals surface area contributed by atoms with E-state index in [1.165, 1.54) is 5.56 Å². The second-order valence-electron chi connectivity index (χ2n) is 7.14. The van der Waals surface area contributed by atoms with E-state index in [1.807, 2.05) is 54.6 Å². The first-order valence-corrected chi connectivity index (χ1v) is 10.1. The van der Waals surface area contributed by atoms with Crippen LogP contribution in [-0.2, 0) is 17.8 Å². The van der Waals surface area contributed by atoms with E-state index in [0.717, 1.165) is 41.9 Å². The van der Waals surface area contributed by atoms with Gasteiger partial charge < -0.3 is 9.47 Å². The highest BCUT2D eigenvalue weighted by atomic mass is 16.5. The van der Waals surface area contributed by atoms with E-state index in [1.54, 1.807) is 12.1 Å². The van der Waals surface area contributed by atoms with Crippen LogP contribution in [-0.4, -0.2) is 18.2 Å². The smallest absolute Gasteiger partial charge is 0.277 e. The fourth-order valence-corrected chi connectivity index (χ4v) is 3.40. The van der Waals surface area contributed by atoms with Crippen molar-refractivity contribution in [2.45, 2.75) is 25.9 Å². The molecule has 5 heteroatoms. The number of fused-ring (bicyclic) bond motifs is 1. The van der Waals surface area contributed by atoms with E-state index < -0.39 is 0 Å². The molecule has 152 valence electrons. The van der Waals surface area contributed by atoms with E-state index in [2.05, 4.69) is 22.7 Å². The first-order valence-electron chi connectivity index (χ1n) is 10.1. The molecule has 0 unspecified atom stereocenters. The molecule has 0 bridgehead atoms. The number of hydrogen-bond acceptors (Lipinski definition) is 4. The third-order valence-corrected chi connectivity index (χ3v) is 4.95. The lowest BCUT2D eigenvalue weighted by Gasteiger charge is -2.17. The van der Waals surface area contributed by atoms with Crippen LogP contribution >= 0.6 is 0 Å². The van der Waals surface area contributed by atoms with E-state index in [9.17, 15) is 4.79 Å². The highest BCUT2D eigenvalue weighted by Crippen LogP contribution is 2.21. The Hall–Kier alpha value is -3.60. The average molecular weight is 400 g/mol. The number of benzene rings is 3. The molecular formula is C25H24N2O3. The molecule has 1 aliphatic carbocycles. The molecule has 1 amide bonds. The van der Waals surface area contributed by atoms with Gasteiger partial charge in [-0.3, -0.25) is 4.79 Å². The van der Waals surface area contributed by atoms with Gasteiger partial charge in [0, 0.05) is 5.56 Å². The molecule has 0 fully saturated rings. The Labute approximate surface area is 176 Å². The minimum absolute atomic E-state index is 0.0946. The lowest BCUT2D eigenvalue weighted by molar-refractivity contribution is -0.123. The number of hydrazone groups is 1. The number of nitrogens with one attached hydrogen (secondary N) is 1. The van der Waals surface area contributed by atoms with Crippen molar-refractivity contribution in [2.24, 2.45) is 5.10 Å². The van der Waals surface area contributed by atoms with Crippen LogP contribution in [0.5, 0.6) is 11.5 Å². The number of carbonyl (C=O) groups excluding carboxylic acids is 1. The molecule has 0 atom stereocenters. The number of rotatable bonds is 7. The molecule has 0 saturated carbocycles. The molecule has 0 aromatic heterocycles. The summed E-state index contributed by atoms with van der Waals surface area (Å²) in [5.74, 6) is 1.07. The first kappa shape index (κ1) is 19.7. The van der Waals surface area contributed by atoms with Crippen molar-refractivity contribution < 1.29 is 14.3 Å². The second-order valence-corrected chi connectivity index (χ2v) is 7.14.